The van der Waals surface area contributed by atoms with Gasteiger partial charge in [0.25, 0.3) is 0 Å². The van der Waals surface area contributed by atoms with E-state index in [9.17, 15) is 0 Å². The van der Waals surface area contributed by atoms with Crippen LogP contribution in [0.2, 0.25) is 0 Å². The van der Waals surface area contributed by atoms with Crippen LogP contribution in [0.25, 0.3) is 49.1 Å². The molecule has 3 N–H and O–H groups in total. The van der Waals surface area contributed by atoms with Gasteiger partial charge in [-0.1, -0.05) is 133 Å². The van der Waals surface area contributed by atoms with Gasteiger partial charge >= 0.3 is 0 Å². The van der Waals surface area contributed by atoms with Crippen LogP contribution >= 0.6 is 0 Å². The fourth-order valence-corrected chi connectivity index (χ4v) is 7.01. The SMILES string of the molecule is N/C(=C\C(NCc1ccccc1)c1cc2c3ccccc3c3ccccc3c2c2c1-c1ccccc1C2)c1ccccc1. The molecule has 7 aromatic rings. The molecule has 1 unspecified atom stereocenters. The first-order chi connectivity index (χ1) is 21.3. The van der Waals surface area contributed by atoms with Crippen LogP contribution in [0.3, 0.4) is 0 Å². The van der Waals surface area contributed by atoms with Crippen molar-refractivity contribution in [3.8, 4) is 11.1 Å². The first-order valence-corrected chi connectivity index (χ1v) is 15.0. The van der Waals surface area contributed by atoms with E-state index in [0.29, 0.717) is 0 Å². The Morgan fingerprint density at radius 3 is 1.98 bits per heavy atom. The van der Waals surface area contributed by atoms with Crippen LogP contribution in [0.4, 0.5) is 0 Å². The molecular formula is C41H32N2. The van der Waals surface area contributed by atoms with Gasteiger partial charge in [-0.3, -0.25) is 0 Å². The van der Waals surface area contributed by atoms with Gasteiger partial charge < -0.3 is 11.1 Å². The normalized spacial score (nSPS) is 13.3. The first kappa shape index (κ1) is 25.5. The Morgan fingerprint density at radius 2 is 1.23 bits per heavy atom. The Balaban J connectivity index is 1.44. The Morgan fingerprint density at radius 1 is 0.651 bits per heavy atom. The van der Waals surface area contributed by atoms with Crippen molar-refractivity contribution >= 4 is 38.0 Å². The maximum atomic E-state index is 6.84. The summed E-state index contributed by atoms with van der Waals surface area (Å²) in [6.07, 6.45) is 3.13. The van der Waals surface area contributed by atoms with Gasteiger partial charge in [-0.25, -0.2) is 0 Å². The van der Waals surface area contributed by atoms with E-state index in [4.69, 9.17) is 5.73 Å². The van der Waals surface area contributed by atoms with Crippen LogP contribution in [0.5, 0.6) is 0 Å². The first-order valence-electron chi connectivity index (χ1n) is 15.0. The Hall–Kier alpha value is -5.18. The zero-order chi connectivity index (χ0) is 28.8. The van der Waals surface area contributed by atoms with E-state index >= 15 is 0 Å². The van der Waals surface area contributed by atoms with Crippen molar-refractivity contribution in [3.63, 3.8) is 0 Å². The second kappa shape index (κ2) is 10.6. The molecule has 0 saturated carbocycles. The second-order valence-corrected chi connectivity index (χ2v) is 11.5. The van der Waals surface area contributed by atoms with Crippen molar-refractivity contribution in [2.75, 3.05) is 0 Å². The van der Waals surface area contributed by atoms with E-state index in [1.807, 2.05) is 18.2 Å². The lowest BCUT2D eigenvalue weighted by Gasteiger charge is -2.23. The fraction of sp³-hybridized carbons (Fsp3) is 0.0732. The van der Waals surface area contributed by atoms with Crippen molar-refractivity contribution in [2.24, 2.45) is 5.73 Å². The van der Waals surface area contributed by atoms with Crippen LogP contribution in [-0.4, -0.2) is 0 Å². The molecule has 8 rings (SSSR count). The highest BCUT2D eigenvalue weighted by Crippen LogP contribution is 2.48. The lowest BCUT2D eigenvalue weighted by molar-refractivity contribution is 0.623. The number of rotatable bonds is 6. The van der Waals surface area contributed by atoms with Crippen LogP contribution in [0.15, 0.2) is 146 Å². The van der Waals surface area contributed by atoms with Crippen LogP contribution in [0.1, 0.15) is 33.9 Å². The lowest BCUT2D eigenvalue weighted by atomic mass is 9.85. The number of benzene rings is 7. The predicted molar refractivity (Wildman–Crippen MR) is 182 cm³/mol. The van der Waals surface area contributed by atoms with Gasteiger partial charge in [0, 0.05) is 12.2 Å². The molecule has 206 valence electrons. The van der Waals surface area contributed by atoms with Gasteiger partial charge in [0.2, 0.25) is 0 Å². The smallest absolute Gasteiger partial charge is 0.0538 e. The summed E-state index contributed by atoms with van der Waals surface area (Å²) in [4.78, 5) is 0. The minimum atomic E-state index is -0.102. The molecule has 1 atom stereocenters. The Kier molecular flexibility index (Phi) is 6.28. The summed E-state index contributed by atoms with van der Waals surface area (Å²) in [6.45, 7) is 0.733. The Labute approximate surface area is 252 Å². The average Bonchev–Trinajstić information content (AvgIpc) is 3.47. The minimum absolute atomic E-state index is 0.102. The summed E-state index contributed by atoms with van der Waals surface area (Å²) in [5.41, 5.74) is 16.6. The summed E-state index contributed by atoms with van der Waals surface area (Å²) < 4.78 is 0. The van der Waals surface area contributed by atoms with E-state index in [2.05, 4.69) is 133 Å². The second-order valence-electron chi connectivity index (χ2n) is 11.5. The number of hydrogen-bond donors (Lipinski definition) is 2. The zero-order valence-electron chi connectivity index (χ0n) is 23.9. The van der Waals surface area contributed by atoms with Gasteiger partial charge in [0.05, 0.1) is 6.04 Å². The molecule has 0 saturated heterocycles. The van der Waals surface area contributed by atoms with Gasteiger partial charge in [-0.05, 0) is 89.8 Å². The third-order valence-corrected chi connectivity index (χ3v) is 8.98. The van der Waals surface area contributed by atoms with Crippen LogP contribution < -0.4 is 11.1 Å². The molecule has 2 heteroatoms. The summed E-state index contributed by atoms with van der Waals surface area (Å²) in [5, 5.41) is 11.8. The van der Waals surface area contributed by atoms with E-state index < -0.39 is 0 Å². The van der Waals surface area contributed by atoms with E-state index in [-0.39, 0.29) is 6.04 Å². The monoisotopic (exact) mass is 552 g/mol. The van der Waals surface area contributed by atoms with Crippen molar-refractivity contribution in [2.45, 2.75) is 19.0 Å². The molecule has 0 spiro atoms. The largest absolute Gasteiger partial charge is 0.398 e. The highest BCUT2D eigenvalue weighted by atomic mass is 14.9. The molecular weight excluding hydrogens is 520 g/mol. The quantitative estimate of drug-likeness (QED) is 0.202. The summed E-state index contributed by atoms with van der Waals surface area (Å²) in [7, 11) is 0. The third-order valence-electron chi connectivity index (χ3n) is 8.98. The molecule has 0 bridgehead atoms. The van der Waals surface area contributed by atoms with Gasteiger partial charge in [-0.2, -0.15) is 0 Å². The molecule has 43 heavy (non-hydrogen) atoms. The van der Waals surface area contributed by atoms with Gasteiger partial charge in [0.1, 0.15) is 0 Å². The van der Waals surface area contributed by atoms with Crippen molar-refractivity contribution in [1.29, 1.82) is 0 Å². The van der Waals surface area contributed by atoms with Crippen LogP contribution in [-0.2, 0) is 13.0 Å². The standard InChI is InChI=1S/C41H32N2/c42-38(28-15-5-2-6-16-28)25-39(43-26-27-13-3-1-4-14-27)36-24-35-33-21-10-9-19-31(33)32-20-11-12-22-34(32)41(35)37-23-29-17-7-8-18-30(29)40(36)37/h1-22,24-25,39,43H,23,26,42H2/b38-25-. The highest BCUT2D eigenvalue weighted by Gasteiger charge is 2.28. The average molecular weight is 553 g/mol. The number of nitrogens with two attached hydrogens (primary N) is 1. The summed E-state index contributed by atoms with van der Waals surface area (Å²) in [5.74, 6) is 0. The molecule has 1 aliphatic rings. The predicted octanol–water partition coefficient (Wildman–Crippen LogP) is 9.55. The molecule has 7 aromatic carbocycles. The minimum Gasteiger partial charge on any atom is -0.398 e. The summed E-state index contributed by atoms with van der Waals surface area (Å²) in [6, 6.07) is 49.9. The molecule has 2 nitrogen and oxygen atoms in total. The maximum Gasteiger partial charge on any atom is 0.0538 e. The van der Waals surface area contributed by atoms with E-state index in [1.54, 1.807) is 0 Å². The van der Waals surface area contributed by atoms with Crippen molar-refractivity contribution in [3.05, 3.63) is 173 Å². The van der Waals surface area contributed by atoms with Gasteiger partial charge in [-0.15, -0.1) is 0 Å². The van der Waals surface area contributed by atoms with Gasteiger partial charge in [0.15, 0.2) is 0 Å². The number of fused-ring (bicyclic) bond motifs is 10. The molecule has 0 fully saturated rings. The molecule has 0 amide bonds. The van der Waals surface area contributed by atoms with Crippen molar-refractivity contribution < 1.29 is 0 Å². The molecule has 0 heterocycles. The Bertz CT molecular complexity index is 2160. The lowest BCUT2D eigenvalue weighted by Crippen LogP contribution is -2.21. The highest BCUT2D eigenvalue weighted by molar-refractivity contribution is 6.27. The van der Waals surface area contributed by atoms with Crippen LogP contribution in [0, 0.1) is 0 Å². The maximum absolute atomic E-state index is 6.84. The van der Waals surface area contributed by atoms with E-state index in [0.717, 1.165) is 24.2 Å². The molecule has 0 aliphatic heterocycles. The third kappa shape index (κ3) is 4.39. The molecule has 0 radical (unpaired) electrons. The number of hydrogen-bond acceptors (Lipinski definition) is 2. The topological polar surface area (TPSA) is 38.0 Å². The van der Waals surface area contributed by atoms with Crippen molar-refractivity contribution in [1.82, 2.24) is 5.32 Å². The zero-order valence-corrected chi connectivity index (χ0v) is 23.9. The summed E-state index contributed by atoms with van der Waals surface area (Å²) >= 11 is 0. The fourth-order valence-electron chi connectivity index (χ4n) is 7.01. The molecule has 1 aliphatic carbocycles. The number of nitrogens with one attached hydrogen (secondary N) is 1. The molecule has 0 aromatic heterocycles. The van der Waals surface area contributed by atoms with E-state index in [1.165, 1.54) is 65.7 Å².